The van der Waals surface area contributed by atoms with Crippen LogP contribution in [0.5, 0.6) is 0 Å². The van der Waals surface area contributed by atoms with Crippen LogP contribution in [0.3, 0.4) is 0 Å². The Morgan fingerprint density at radius 3 is 2.00 bits per heavy atom. The Hall–Kier alpha value is -0.0800. The number of rotatable bonds is 8. The van der Waals surface area contributed by atoms with E-state index in [-0.39, 0.29) is 5.54 Å². The summed E-state index contributed by atoms with van der Waals surface area (Å²) in [5, 5.41) is 3.50. The van der Waals surface area contributed by atoms with Crippen LogP contribution < -0.4 is 5.32 Å². The fraction of sp³-hybridized carbons (Fsp3) is 1.00. The van der Waals surface area contributed by atoms with Crippen LogP contribution in [-0.2, 0) is 4.74 Å². The summed E-state index contributed by atoms with van der Waals surface area (Å²) in [7, 11) is 0. The van der Waals surface area contributed by atoms with E-state index in [4.69, 9.17) is 4.74 Å². The second-order valence-electron chi connectivity index (χ2n) is 7.16. The van der Waals surface area contributed by atoms with Gasteiger partial charge >= 0.3 is 0 Å². The molecule has 0 bridgehead atoms. The smallest absolute Gasteiger partial charge is 0.0471 e. The minimum atomic E-state index is 0.253. The van der Waals surface area contributed by atoms with E-state index in [1.807, 2.05) is 0 Å². The first kappa shape index (κ1) is 16.9. The highest BCUT2D eigenvalue weighted by atomic mass is 16.5. The molecule has 2 heteroatoms. The molecule has 0 amide bonds. The number of hydrogen-bond donors (Lipinski definition) is 1. The molecule has 104 valence electrons. The maximum Gasteiger partial charge on any atom is 0.0471 e. The lowest BCUT2D eigenvalue weighted by molar-refractivity contribution is 0.105. The van der Waals surface area contributed by atoms with Gasteiger partial charge < -0.3 is 10.1 Å². The Morgan fingerprint density at radius 1 is 0.824 bits per heavy atom. The summed E-state index contributed by atoms with van der Waals surface area (Å²) < 4.78 is 5.64. The van der Waals surface area contributed by atoms with Crippen molar-refractivity contribution in [3.8, 4) is 0 Å². The van der Waals surface area contributed by atoms with Crippen molar-refractivity contribution in [1.82, 2.24) is 5.32 Å². The van der Waals surface area contributed by atoms with Gasteiger partial charge in [-0.1, -0.05) is 20.8 Å². The van der Waals surface area contributed by atoms with Gasteiger partial charge in [-0.05, 0) is 58.4 Å². The molecule has 0 aliphatic carbocycles. The molecule has 0 saturated carbocycles. The highest BCUT2D eigenvalue weighted by Crippen LogP contribution is 2.17. The number of unbranched alkanes of at least 4 members (excludes halogenated alkanes) is 2. The Kier molecular flexibility index (Phi) is 8.06. The normalized spacial score (nSPS) is 13.1. The third-order valence-electron chi connectivity index (χ3n) is 2.62. The Labute approximate surface area is 109 Å². The van der Waals surface area contributed by atoms with Crippen LogP contribution in [0.2, 0.25) is 0 Å². The molecule has 0 spiro atoms. The second kappa shape index (κ2) is 8.10. The zero-order chi connectivity index (χ0) is 13.4. The van der Waals surface area contributed by atoms with Crippen molar-refractivity contribution < 1.29 is 4.74 Å². The predicted octanol–water partition coefficient (Wildman–Crippen LogP) is 4.00. The zero-order valence-corrected chi connectivity index (χ0v) is 12.9. The summed E-state index contributed by atoms with van der Waals surface area (Å²) in [6.07, 6.45) is 4.85. The highest BCUT2D eigenvalue weighted by Gasteiger charge is 2.09. The minimum Gasteiger partial charge on any atom is -0.381 e. The molecule has 0 rings (SSSR count). The average molecular weight is 243 g/mol. The molecule has 2 nitrogen and oxygen atoms in total. The second-order valence-corrected chi connectivity index (χ2v) is 7.16. The fourth-order valence-electron chi connectivity index (χ4n) is 1.45. The maximum absolute atomic E-state index is 5.64. The number of ether oxygens (including phenoxy) is 1. The monoisotopic (exact) mass is 243 g/mol. The lowest BCUT2D eigenvalue weighted by atomic mass is 9.93. The van der Waals surface area contributed by atoms with Gasteiger partial charge in [-0.3, -0.25) is 0 Å². The lowest BCUT2D eigenvalue weighted by Gasteiger charge is -2.20. The van der Waals surface area contributed by atoms with Crippen molar-refractivity contribution in [1.29, 1.82) is 0 Å². The van der Waals surface area contributed by atoms with Gasteiger partial charge in [0.05, 0.1) is 0 Å². The first-order chi connectivity index (χ1) is 7.71. The molecule has 17 heavy (non-hydrogen) atoms. The molecule has 1 N–H and O–H groups in total. The van der Waals surface area contributed by atoms with E-state index >= 15 is 0 Å². The standard InChI is InChI=1S/C15H33NO/c1-14(2,3)10-13-17-12-9-7-8-11-16-15(4,5)6/h16H,7-13H2,1-6H3. The average Bonchev–Trinajstić information content (AvgIpc) is 2.11. The van der Waals surface area contributed by atoms with Gasteiger partial charge in [0, 0.05) is 18.8 Å². The summed E-state index contributed by atoms with van der Waals surface area (Å²) >= 11 is 0. The minimum absolute atomic E-state index is 0.253. The Morgan fingerprint density at radius 2 is 1.47 bits per heavy atom. The summed E-state index contributed by atoms with van der Waals surface area (Å²) in [4.78, 5) is 0. The van der Waals surface area contributed by atoms with Crippen LogP contribution in [0.1, 0.15) is 67.2 Å². The van der Waals surface area contributed by atoms with E-state index in [9.17, 15) is 0 Å². The van der Waals surface area contributed by atoms with Crippen LogP contribution in [0.25, 0.3) is 0 Å². The predicted molar refractivity (Wildman–Crippen MR) is 76.5 cm³/mol. The largest absolute Gasteiger partial charge is 0.381 e. The molecule has 0 heterocycles. The SMILES string of the molecule is CC(C)(C)CCOCCCCCNC(C)(C)C. The van der Waals surface area contributed by atoms with Crippen molar-refractivity contribution in [2.75, 3.05) is 19.8 Å². The van der Waals surface area contributed by atoms with Crippen molar-refractivity contribution >= 4 is 0 Å². The first-order valence-electron chi connectivity index (χ1n) is 7.03. The quantitative estimate of drug-likeness (QED) is 0.651. The Balaban J connectivity index is 3.15. The lowest BCUT2D eigenvalue weighted by Crippen LogP contribution is -2.36. The van der Waals surface area contributed by atoms with E-state index in [1.54, 1.807) is 0 Å². The molecular weight excluding hydrogens is 210 g/mol. The van der Waals surface area contributed by atoms with E-state index in [1.165, 1.54) is 19.3 Å². The van der Waals surface area contributed by atoms with E-state index < -0.39 is 0 Å². The topological polar surface area (TPSA) is 21.3 Å². The van der Waals surface area contributed by atoms with Crippen LogP contribution >= 0.6 is 0 Å². The van der Waals surface area contributed by atoms with Gasteiger partial charge in [-0.15, -0.1) is 0 Å². The summed E-state index contributed by atoms with van der Waals surface area (Å²) in [6.45, 7) is 16.4. The number of nitrogens with one attached hydrogen (secondary N) is 1. The van der Waals surface area contributed by atoms with Gasteiger partial charge in [-0.25, -0.2) is 0 Å². The van der Waals surface area contributed by atoms with Gasteiger partial charge in [0.1, 0.15) is 0 Å². The van der Waals surface area contributed by atoms with Crippen molar-refractivity contribution in [3.05, 3.63) is 0 Å². The van der Waals surface area contributed by atoms with Gasteiger partial charge in [-0.2, -0.15) is 0 Å². The van der Waals surface area contributed by atoms with E-state index in [2.05, 4.69) is 46.9 Å². The summed E-state index contributed by atoms with van der Waals surface area (Å²) in [5.74, 6) is 0. The summed E-state index contributed by atoms with van der Waals surface area (Å²) in [5.41, 5.74) is 0.653. The van der Waals surface area contributed by atoms with E-state index in [0.29, 0.717) is 5.41 Å². The molecule has 0 aromatic heterocycles. The maximum atomic E-state index is 5.64. The van der Waals surface area contributed by atoms with E-state index in [0.717, 1.165) is 26.2 Å². The Bertz CT molecular complexity index is 156. The van der Waals surface area contributed by atoms with Gasteiger partial charge in [0.2, 0.25) is 0 Å². The van der Waals surface area contributed by atoms with Crippen molar-refractivity contribution in [3.63, 3.8) is 0 Å². The van der Waals surface area contributed by atoms with Crippen molar-refractivity contribution in [2.24, 2.45) is 5.41 Å². The molecule has 0 aromatic carbocycles. The van der Waals surface area contributed by atoms with Crippen LogP contribution in [0.4, 0.5) is 0 Å². The first-order valence-corrected chi connectivity index (χ1v) is 7.03. The number of hydrogen-bond acceptors (Lipinski definition) is 2. The van der Waals surface area contributed by atoms with Crippen LogP contribution in [0, 0.1) is 5.41 Å². The molecule has 0 aliphatic heterocycles. The third kappa shape index (κ3) is 15.9. The molecular formula is C15H33NO. The molecule has 0 unspecified atom stereocenters. The molecule has 0 atom stereocenters. The van der Waals surface area contributed by atoms with Crippen LogP contribution in [0.15, 0.2) is 0 Å². The third-order valence-corrected chi connectivity index (χ3v) is 2.62. The summed E-state index contributed by atoms with van der Waals surface area (Å²) in [6, 6.07) is 0. The molecule has 0 radical (unpaired) electrons. The molecule has 0 aliphatic rings. The van der Waals surface area contributed by atoms with Crippen molar-refractivity contribution in [2.45, 2.75) is 72.8 Å². The molecule has 0 saturated heterocycles. The fourth-order valence-corrected chi connectivity index (χ4v) is 1.45. The van der Waals surface area contributed by atoms with Gasteiger partial charge in [0.25, 0.3) is 0 Å². The highest BCUT2D eigenvalue weighted by molar-refractivity contribution is 4.69. The molecule has 0 fully saturated rings. The van der Waals surface area contributed by atoms with Crippen LogP contribution in [-0.4, -0.2) is 25.3 Å². The zero-order valence-electron chi connectivity index (χ0n) is 12.9. The molecule has 0 aromatic rings. The van der Waals surface area contributed by atoms with Gasteiger partial charge in [0.15, 0.2) is 0 Å².